The molecule has 3 aromatic rings. The van der Waals surface area contributed by atoms with Crippen LogP contribution in [-0.2, 0) is 6.42 Å². The number of pyridine rings is 1. The lowest BCUT2D eigenvalue weighted by Crippen LogP contribution is -2.01. The second-order valence-electron chi connectivity index (χ2n) is 5.88. The standard InChI is InChI=1S/C18H20N2O/c1-13(2)10-14-6-5-7-15(11-14)18(21)16-12-19-20-9-4-3-8-17(16)20/h3-9,11-13,18,21H,10H2,1-2H3. The van der Waals surface area contributed by atoms with Crippen molar-refractivity contribution in [3.05, 3.63) is 71.5 Å². The van der Waals surface area contributed by atoms with E-state index in [-0.39, 0.29) is 0 Å². The molecule has 0 fully saturated rings. The number of nitrogens with zero attached hydrogens (tertiary/aromatic N) is 2. The number of aliphatic hydroxyl groups excluding tert-OH is 1. The van der Waals surface area contributed by atoms with Gasteiger partial charge in [0.05, 0.1) is 11.7 Å². The Morgan fingerprint density at radius 1 is 1.14 bits per heavy atom. The number of aromatic nitrogens is 2. The van der Waals surface area contributed by atoms with Crippen molar-refractivity contribution in [3.8, 4) is 0 Å². The predicted octanol–water partition coefficient (Wildman–Crippen LogP) is 3.61. The van der Waals surface area contributed by atoms with Crippen molar-refractivity contribution in [2.75, 3.05) is 0 Å². The summed E-state index contributed by atoms with van der Waals surface area (Å²) in [6.45, 7) is 4.41. The van der Waals surface area contributed by atoms with E-state index in [1.54, 1.807) is 10.7 Å². The zero-order valence-corrected chi connectivity index (χ0v) is 12.4. The lowest BCUT2D eigenvalue weighted by molar-refractivity contribution is 0.221. The van der Waals surface area contributed by atoms with Gasteiger partial charge in [-0.3, -0.25) is 0 Å². The van der Waals surface area contributed by atoms with E-state index in [1.807, 2.05) is 36.5 Å². The van der Waals surface area contributed by atoms with Crippen LogP contribution in [0, 0.1) is 5.92 Å². The van der Waals surface area contributed by atoms with E-state index in [9.17, 15) is 5.11 Å². The minimum absolute atomic E-state index is 0.606. The topological polar surface area (TPSA) is 37.5 Å². The minimum Gasteiger partial charge on any atom is -0.384 e. The van der Waals surface area contributed by atoms with E-state index in [2.05, 4.69) is 31.1 Å². The summed E-state index contributed by atoms with van der Waals surface area (Å²) in [6.07, 6.45) is 4.02. The molecule has 3 heteroatoms. The fraction of sp³-hybridized carbons (Fsp3) is 0.278. The lowest BCUT2D eigenvalue weighted by Gasteiger charge is -2.12. The Balaban J connectivity index is 1.96. The predicted molar refractivity (Wildman–Crippen MR) is 84.2 cm³/mol. The molecule has 0 saturated carbocycles. The molecule has 0 saturated heterocycles. The molecule has 1 atom stereocenters. The molecule has 108 valence electrons. The van der Waals surface area contributed by atoms with Crippen molar-refractivity contribution >= 4 is 5.52 Å². The fourth-order valence-electron chi connectivity index (χ4n) is 2.71. The quantitative estimate of drug-likeness (QED) is 0.792. The molecule has 3 rings (SSSR count). The maximum atomic E-state index is 10.7. The summed E-state index contributed by atoms with van der Waals surface area (Å²) in [5.41, 5.74) is 3.97. The van der Waals surface area contributed by atoms with E-state index in [0.29, 0.717) is 5.92 Å². The van der Waals surface area contributed by atoms with Gasteiger partial charge in [0, 0.05) is 11.8 Å². The van der Waals surface area contributed by atoms with Crippen molar-refractivity contribution in [3.63, 3.8) is 0 Å². The number of rotatable bonds is 4. The molecule has 21 heavy (non-hydrogen) atoms. The highest BCUT2D eigenvalue weighted by Gasteiger charge is 2.15. The van der Waals surface area contributed by atoms with Crippen LogP contribution in [0.25, 0.3) is 5.52 Å². The van der Waals surface area contributed by atoms with Gasteiger partial charge in [-0.2, -0.15) is 5.10 Å². The van der Waals surface area contributed by atoms with Gasteiger partial charge in [-0.15, -0.1) is 0 Å². The Kier molecular flexibility index (Phi) is 3.76. The average molecular weight is 280 g/mol. The van der Waals surface area contributed by atoms with Crippen LogP contribution in [0.3, 0.4) is 0 Å². The summed E-state index contributed by atoms with van der Waals surface area (Å²) in [5.74, 6) is 0.606. The summed E-state index contributed by atoms with van der Waals surface area (Å²) in [5, 5.41) is 15.0. The molecule has 0 aliphatic carbocycles. The summed E-state index contributed by atoms with van der Waals surface area (Å²) in [6, 6.07) is 14.1. The minimum atomic E-state index is -0.642. The Hall–Kier alpha value is -2.13. The zero-order chi connectivity index (χ0) is 14.8. The molecule has 0 aliphatic heterocycles. The fourth-order valence-corrected chi connectivity index (χ4v) is 2.71. The number of aliphatic hydroxyl groups is 1. The highest BCUT2D eigenvalue weighted by molar-refractivity contribution is 5.56. The molecule has 2 aromatic heterocycles. The molecular weight excluding hydrogens is 260 g/mol. The third-order valence-corrected chi connectivity index (χ3v) is 3.66. The number of benzene rings is 1. The molecule has 0 aliphatic rings. The van der Waals surface area contributed by atoms with Gasteiger partial charge in [0.25, 0.3) is 0 Å². The van der Waals surface area contributed by atoms with Gasteiger partial charge in [0.2, 0.25) is 0 Å². The summed E-state index contributed by atoms with van der Waals surface area (Å²) >= 11 is 0. The van der Waals surface area contributed by atoms with E-state index in [0.717, 1.165) is 23.1 Å². The van der Waals surface area contributed by atoms with Crippen LogP contribution in [0.15, 0.2) is 54.9 Å². The smallest absolute Gasteiger partial charge is 0.108 e. The van der Waals surface area contributed by atoms with Crippen molar-refractivity contribution in [2.45, 2.75) is 26.4 Å². The second kappa shape index (κ2) is 5.70. The van der Waals surface area contributed by atoms with Crippen LogP contribution < -0.4 is 0 Å². The van der Waals surface area contributed by atoms with Gasteiger partial charge < -0.3 is 5.11 Å². The van der Waals surface area contributed by atoms with Crippen LogP contribution in [0.1, 0.15) is 36.6 Å². The normalized spacial score (nSPS) is 13.0. The third kappa shape index (κ3) is 2.83. The van der Waals surface area contributed by atoms with Crippen LogP contribution in [-0.4, -0.2) is 14.7 Å². The Labute approximate surface area is 124 Å². The Morgan fingerprint density at radius 2 is 2.00 bits per heavy atom. The van der Waals surface area contributed by atoms with Gasteiger partial charge in [-0.05, 0) is 35.6 Å². The third-order valence-electron chi connectivity index (χ3n) is 3.66. The maximum absolute atomic E-state index is 10.7. The summed E-state index contributed by atoms with van der Waals surface area (Å²) in [7, 11) is 0. The van der Waals surface area contributed by atoms with Crippen molar-refractivity contribution < 1.29 is 5.11 Å². The largest absolute Gasteiger partial charge is 0.384 e. The first-order valence-electron chi connectivity index (χ1n) is 7.34. The van der Waals surface area contributed by atoms with Crippen LogP contribution in [0.5, 0.6) is 0 Å². The first-order valence-corrected chi connectivity index (χ1v) is 7.34. The number of hydrogen-bond donors (Lipinski definition) is 1. The summed E-state index contributed by atoms with van der Waals surface area (Å²) < 4.78 is 1.79. The molecule has 0 bridgehead atoms. The van der Waals surface area contributed by atoms with E-state index < -0.39 is 6.10 Å². The highest BCUT2D eigenvalue weighted by Crippen LogP contribution is 2.26. The van der Waals surface area contributed by atoms with Gasteiger partial charge >= 0.3 is 0 Å². The molecule has 1 aromatic carbocycles. The van der Waals surface area contributed by atoms with E-state index >= 15 is 0 Å². The van der Waals surface area contributed by atoms with E-state index in [1.165, 1.54) is 5.56 Å². The monoisotopic (exact) mass is 280 g/mol. The molecular formula is C18H20N2O. The van der Waals surface area contributed by atoms with Crippen LogP contribution >= 0.6 is 0 Å². The van der Waals surface area contributed by atoms with Crippen molar-refractivity contribution in [1.82, 2.24) is 9.61 Å². The highest BCUT2D eigenvalue weighted by atomic mass is 16.3. The SMILES string of the molecule is CC(C)Cc1cccc(C(O)c2cnn3ccccc23)c1. The molecule has 1 N–H and O–H groups in total. The average Bonchev–Trinajstić information content (AvgIpc) is 2.90. The van der Waals surface area contributed by atoms with Gasteiger partial charge in [0.1, 0.15) is 6.10 Å². The Morgan fingerprint density at radius 3 is 2.81 bits per heavy atom. The first kappa shape index (κ1) is 13.8. The molecule has 0 amide bonds. The molecule has 1 unspecified atom stereocenters. The van der Waals surface area contributed by atoms with E-state index in [4.69, 9.17) is 0 Å². The van der Waals surface area contributed by atoms with Gasteiger partial charge in [-0.25, -0.2) is 4.52 Å². The second-order valence-corrected chi connectivity index (χ2v) is 5.88. The van der Waals surface area contributed by atoms with Crippen molar-refractivity contribution in [1.29, 1.82) is 0 Å². The number of hydrogen-bond acceptors (Lipinski definition) is 2. The van der Waals surface area contributed by atoms with Gasteiger partial charge in [-0.1, -0.05) is 44.2 Å². The molecule has 3 nitrogen and oxygen atoms in total. The summed E-state index contributed by atoms with van der Waals surface area (Å²) in [4.78, 5) is 0. The maximum Gasteiger partial charge on any atom is 0.108 e. The first-order chi connectivity index (χ1) is 10.1. The van der Waals surface area contributed by atoms with Gasteiger partial charge in [0.15, 0.2) is 0 Å². The Bertz CT molecular complexity index is 746. The molecule has 2 heterocycles. The molecule has 0 radical (unpaired) electrons. The molecule has 0 spiro atoms. The lowest BCUT2D eigenvalue weighted by atomic mass is 9.97. The number of fused-ring (bicyclic) bond motifs is 1. The van der Waals surface area contributed by atoms with Crippen LogP contribution in [0.2, 0.25) is 0 Å². The zero-order valence-electron chi connectivity index (χ0n) is 12.4. The van der Waals surface area contributed by atoms with Crippen molar-refractivity contribution in [2.24, 2.45) is 5.92 Å². The van der Waals surface area contributed by atoms with Crippen LogP contribution in [0.4, 0.5) is 0 Å².